The number of likely N-dealkylation sites (N-methyl/N-ethyl adjacent to an activating group) is 1. The van der Waals surface area contributed by atoms with Crippen molar-refractivity contribution in [2.24, 2.45) is 4.99 Å². The van der Waals surface area contributed by atoms with Crippen LogP contribution in [0.25, 0.3) is 0 Å². The molecule has 6 nitrogen and oxygen atoms in total. The highest BCUT2D eigenvalue weighted by molar-refractivity contribution is 6.30. The predicted molar refractivity (Wildman–Crippen MR) is 136 cm³/mol. The van der Waals surface area contributed by atoms with Crippen LogP contribution in [-0.4, -0.2) is 43.3 Å². The number of fused-ring (bicyclic) bond motifs is 1. The van der Waals surface area contributed by atoms with E-state index in [0.717, 1.165) is 28.1 Å². The van der Waals surface area contributed by atoms with Crippen LogP contribution in [0.1, 0.15) is 23.6 Å². The van der Waals surface area contributed by atoms with Gasteiger partial charge in [0, 0.05) is 28.9 Å². The molecule has 1 aliphatic heterocycles. The Morgan fingerprint density at radius 1 is 1.06 bits per heavy atom. The topological polar surface area (TPSA) is 73.8 Å². The van der Waals surface area contributed by atoms with E-state index in [0.29, 0.717) is 11.6 Å². The van der Waals surface area contributed by atoms with Gasteiger partial charge in [-0.3, -0.25) is 14.6 Å². The number of benzodiazepines with no additional fused rings is 1. The van der Waals surface area contributed by atoms with Crippen molar-refractivity contribution in [3.8, 4) is 0 Å². The van der Waals surface area contributed by atoms with E-state index in [1.807, 2.05) is 61.6 Å². The zero-order valence-electron chi connectivity index (χ0n) is 19.2. The van der Waals surface area contributed by atoms with Gasteiger partial charge in [0.05, 0.1) is 18.7 Å². The zero-order chi connectivity index (χ0) is 24.1. The first-order chi connectivity index (χ1) is 16.4. The molecular weight excluding hydrogens is 448 g/mol. The van der Waals surface area contributed by atoms with E-state index < -0.39 is 12.2 Å². The fraction of sp³-hybridized carbons (Fsp3) is 0.222. The third kappa shape index (κ3) is 5.64. The fourth-order valence-electron chi connectivity index (χ4n) is 4.01. The molecule has 0 aromatic heterocycles. The number of carbonyl (C=O) groups excluding carboxylic acids is 2. The van der Waals surface area contributed by atoms with Crippen molar-refractivity contribution in [3.63, 3.8) is 0 Å². The lowest BCUT2D eigenvalue weighted by Gasteiger charge is -2.24. The van der Waals surface area contributed by atoms with Crippen LogP contribution in [0.3, 0.4) is 0 Å². The van der Waals surface area contributed by atoms with E-state index in [1.165, 1.54) is 0 Å². The third-order valence-electron chi connectivity index (χ3n) is 5.68. The van der Waals surface area contributed by atoms with Crippen molar-refractivity contribution in [1.29, 1.82) is 0 Å². The van der Waals surface area contributed by atoms with Crippen molar-refractivity contribution in [1.82, 2.24) is 10.6 Å². The molecule has 34 heavy (non-hydrogen) atoms. The van der Waals surface area contributed by atoms with Gasteiger partial charge in [-0.15, -0.1) is 0 Å². The van der Waals surface area contributed by atoms with Crippen molar-refractivity contribution in [3.05, 3.63) is 101 Å². The Bertz CT molecular complexity index is 1210. The minimum absolute atomic E-state index is 0.149. The maximum absolute atomic E-state index is 13.0. The van der Waals surface area contributed by atoms with Crippen molar-refractivity contribution in [2.75, 3.05) is 18.5 Å². The molecule has 174 valence electrons. The number of hydrogen-bond donors (Lipinski definition) is 2. The minimum Gasteiger partial charge on any atom is -0.370 e. The summed E-state index contributed by atoms with van der Waals surface area (Å²) < 4.78 is 0. The molecule has 0 aliphatic carbocycles. The highest BCUT2D eigenvalue weighted by Gasteiger charge is 2.25. The molecule has 0 fully saturated rings. The molecule has 0 bridgehead atoms. The van der Waals surface area contributed by atoms with Crippen LogP contribution in [0.15, 0.2) is 83.9 Å². The summed E-state index contributed by atoms with van der Waals surface area (Å²) in [6.07, 6.45) is -0.330. The summed E-state index contributed by atoms with van der Waals surface area (Å²) in [5.74, 6) is -0.538. The van der Waals surface area contributed by atoms with Gasteiger partial charge in [0.25, 0.3) is 0 Å². The van der Waals surface area contributed by atoms with Gasteiger partial charge >= 0.3 is 0 Å². The van der Waals surface area contributed by atoms with Gasteiger partial charge in [-0.05, 0) is 30.7 Å². The quantitative estimate of drug-likeness (QED) is 0.570. The Morgan fingerprint density at radius 3 is 2.56 bits per heavy atom. The molecule has 4 rings (SSSR count). The average molecular weight is 475 g/mol. The molecule has 7 heteroatoms. The number of nitrogens with zero attached hydrogens (tertiary/aromatic N) is 2. The smallest absolute Gasteiger partial charge is 0.243 e. The molecule has 3 aromatic carbocycles. The lowest BCUT2D eigenvalue weighted by molar-refractivity contribution is -0.128. The number of anilines is 1. The third-order valence-corrected chi connectivity index (χ3v) is 5.92. The summed E-state index contributed by atoms with van der Waals surface area (Å²) in [7, 11) is 1.98. The van der Waals surface area contributed by atoms with Gasteiger partial charge in [0.2, 0.25) is 11.8 Å². The molecule has 1 heterocycles. The Kier molecular flexibility index (Phi) is 7.28. The molecule has 2 N–H and O–H groups in total. The molecule has 0 saturated carbocycles. The van der Waals surface area contributed by atoms with E-state index in [2.05, 4.69) is 21.6 Å². The lowest BCUT2D eigenvalue weighted by atomic mass is 10.0. The second-order valence-corrected chi connectivity index (χ2v) is 8.80. The van der Waals surface area contributed by atoms with Crippen molar-refractivity contribution < 1.29 is 9.59 Å². The highest BCUT2D eigenvalue weighted by atomic mass is 35.5. The standard InChI is InChI=1S/C27H27ClN4O2/c1-18(29-25(33)16-19-9-8-12-21(28)15-19)27(34)31-24-17-32(2)23-14-7-6-13-22(23)26(30-24)20-10-4-3-5-11-20/h3-15,18,24H,16-17H2,1-2H3,(H,29,33)(H,31,34)/t18?,24-/m1/s1. The van der Waals surface area contributed by atoms with E-state index in [9.17, 15) is 9.59 Å². The maximum Gasteiger partial charge on any atom is 0.243 e. The van der Waals surface area contributed by atoms with E-state index in [1.54, 1.807) is 25.1 Å². The van der Waals surface area contributed by atoms with Crippen LogP contribution in [0.5, 0.6) is 0 Å². The SMILES string of the molecule is CC(NC(=O)Cc1cccc(Cl)c1)C(=O)N[C@@H]1CN(C)c2ccccc2C(c2ccccc2)=N1. The number of nitrogens with one attached hydrogen (secondary N) is 2. The second kappa shape index (κ2) is 10.5. The Hall–Kier alpha value is -3.64. The largest absolute Gasteiger partial charge is 0.370 e. The molecule has 2 atom stereocenters. The van der Waals surface area contributed by atoms with Gasteiger partial charge < -0.3 is 15.5 Å². The summed E-state index contributed by atoms with van der Waals surface area (Å²) in [5, 5.41) is 6.34. The highest BCUT2D eigenvalue weighted by Crippen LogP contribution is 2.26. The number of hydrogen-bond acceptors (Lipinski definition) is 4. The lowest BCUT2D eigenvalue weighted by Crippen LogP contribution is -2.50. The van der Waals surface area contributed by atoms with Crippen LogP contribution >= 0.6 is 11.6 Å². The monoisotopic (exact) mass is 474 g/mol. The average Bonchev–Trinajstić information content (AvgIpc) is 2.96. The molecule has 0 radical (unpaired) electrons. The summed E-state index contributed by atoms with van der Waals surface area (Å²) in [4.78, 5) is 32.4. The van der Waals surface area contributed by atoms with Crippen LogP contribution in [0.2, 0.25) is 5.02 Å². The first-order valence-electron chi connectivity index (χ1n) is 11.2. The van der Waals surface area contributed by atoms with Gasteiger partial charge in [-0.25, -0.2) is 0 Å². The van der Waals surface area contributed by atoms with Crippen LogP contribution in [0, 0.1) is 0 Å². The first kappa shape index (κ1) is 23.5. The normalized spacial score (nSPS) is 16.0. The fourth-order valence-corrected chi connectivity index (χ4v) is 4.23. The number of amides is 2. The second-order valence-electron chi connectivity index (χ2n) is 8.36. The van der Waals surface area contributed by atoms with E-state index in [-0.39, 0.29) is 18.2 Å². The van der Waals surface area contributed by atoms with Gasteiger partial charge in [0.15, 0.2) is 0 Å². The molecule has 3 aromatic rings. The molecular formula is C27H27ClN4O2. The van der Waals surface area contributed by atoms with Gasteiger partial charge in [-0.1, -0.05) is 72.3 Å². The summed E-state index contributed by atoms with van der Waals surface area (Å²) in [5.41, 5.74) is 4.65. The predicted octanol–water partition coefficient (Wildman–Crippen LogP) is 3.82. The van der Waals surface area contributed by atoms with Gasteiger partial charge in [0.1, 0.15) is 12.2 Å². The number of rotatable bonds is 6. The minimum atomic E-state index is -0.710. The van der Waals surface area contributed by atoms with E-state index >= 15 is 0 Å². The summed E-state index contributed by atoms with van der Waals surface area (Å²) in [6.45, 7) is 2.17. The zero-order valence-corrected chi connectivity index (χ0v) is 19.9. The number of aliphatic imine (C=N–C) groups is 1. The molecule has 2 amide bonds. The molecule has 1 aliphatic rings. The van der Waals surface area contributed by atoms with Crippen LogP contribution < -0.4 is 15.5 Å². The molecule has 0 saturated heterocycles. The Labute approximate surface area is 204 Å². The number of halogens is 1. The molecule has 0 spiro atoms. The Balaban J connectivity index is 1.49. The van der Waals surface area contributed by atoms with Crippen LogP contribution in [0.4, 0.5) is 5.69 Å². The van der Waals surface area contributed by atoms with Crippen molar-refractivity contribution in [2.45, 2.75) is 25.6 Å². The summed E-state index contributed by atoms with van der Waals surface area (Å²) >= 11 is 6.00. The first-order valence-corrected chi connectivity index (χ1v) is 11.6. The maximum atomic E-state index is 13.0. The number of carbonyl (C=O) groups is 2. The molecule has 1 unspecified atom stereocenters. The van der Waals surface area contributed by atoms with Crippen molar-refractivity contribution >= 4 is 34.8 Å². The summed E-state index contributed by atoms with van der Waals surface area (Å²) in [6, 6.07) is 24.4. The van der Waals surface area contributed by atoms with Crippen LogP contribution in [-0.2, 0) is 16.0 Å². The van der Waals surface area contributed by atoms with E-state index in [4.69, 9.17) is 16.6 Å². The Morgan fingerprint density at radius 2 is 1.79 bits per heavy atom. The number of para-hydroxylation sites is 1. The van der Waals surface area contributed by atoms with Gasteiger partial charge in [-0.2, -0.15) is 0 Å². The number of benzene rings is 3.